The highest BCUT2D eigenvalue weighted by Gasteiger charge is 2.34. The Bertz CT molecular complexity index is 677. The summed E-state index contributed by atoms with van der Waals surface area (Å²) in [7, 11) is -1.20. The summed E-state index contributed by atoms with van der Waals surface area (Å²) in [5.41, 5.74) is 1.01. The lowest BCUT2D eigenvalue weighted by Gasteiger charge is -2.26. The predicted octanol–water partition coefficient (Wildman–Crippen LogP) is 4.32. The second-order valence-electron chi connectivity index (χ2n) is 4.48. The Morgan fingerprint density at radius 3 is 2.56 bits per heavy atom. The third-order valence-electron chi connectivity index (χ3n) is 3.38. The molecule has 0 amide bonds. The van der Waals surface area contributed by atoms with Crippen molar-refractivity contribution in [2.45, 2.75) is 22.4 Å². The largest absolute Gasteiger partial charge is 0.252 e. The lowest BCUT2D eigenvalue weighted by atomic mass is 10.1. The minimum absolute atomic E-state index is 0.657. The van der Waals surface area contributed by atoms with Gasteiger partial charge in [0.2, 0.25) is 0 Å². The van der Waals surface area contributed by atoms with Crippen molar-refractivity contribution >= 4 is 39.2 Å². The molecule has 0 N–H and O–H groups in total. The van der Waals surface area contributed by atoms with Gasteiger partial charge in [-0.2, -0.15) is 0 Å². The van der Waals surface area contributed by atoms with E-state index < -0.39 is 15.0 Å². The van der Waals surface area contributed by atoms with Crippen LogP contribution in [0.2, 0.25) is 0 Å². The highest BCUT2D eigenvalue weighted by molar-refractivity contribution is 7.88. The Morgan fingerprint density at radius 2 is 1.89 bits per heavy atom. The molecule has 0 fully saturated rings. The monoisotopic (exact) mass is 276 g/mol. The van der Waals surface area contributed by atoms with Crippen LogP contribution < -0.4 is 0 Å². The van der Waals surface area contributed by atoms with Gasteiger partial charge in [0.1, 0.15) is 4.21 Å². The summed E-state index contributed by atoms with van der Waals surface area (Å²) in [6, 6.07) is 12.2. The number of benzene rings is 2. The van der Waals surface area contributed by atoms with Crippen LogP contribution in [-0.4, -0.2) is 8.42 Å². The van der Waals surface area contributed by atoms with Gasteiger partial charge >= 0.3 is 0 Å². The van der Waals surface area contributed by atoms with E-state index in [4.69, 9.17) is 11.6 Å². The van der Waals surface area contributed by atoms with Gasteiger partial charge in [0, 0.05) is 4.90 Å². The Morgan fingerprint density at radius 1 is 1.22 bits per heavy atom. The molecule has 92 valence electrons. The molecule has 3 rings (SSSR count). The summed E-state index contributed by atoms with van der Waals surface area (Å²) >= 11 is 6.40. The van der Waals surface area contributed by atoms with Crippen LogP contribution in [0.15, 0.2) is 47.4 Å². The van der Waals surface area contributed by atoms with Crippen LogP contribution in [0.25, 0.3) is 16.8 Å². The van der Waals surface area contributed by atoms with Crippen molar-refractivity contribution in [1.29, 1.82) is 0 Å². The van der Waals surface area contributed by atoms with E-state index in [1.807, 2.05) is 43.3 Å². The third-order valence-corrected chi connectivity index (χ3v) is 5.99. The van der Waals surface area contributed by atoms with Crippen LogP contribution in [0.1, 0.15) is 18.9 Å². The van der Waals surface area contributed by atoms with Gasteiger partial charge < -0.3 is 0 Å². The molecule has 0 aromatic heterocycles. The molecule has 18 heavy (non-hydrogen) atoms. The van der Waals surface area contributed by atoms with Crippen LogP contribution in [0.3, 0.4) is 0 Å². The number of hydrogen-bond donors (Lipinski definition) is 0. The summed E-state index contributed by atoms with van der Waals surface area (Å²) in [5, 5.41) is 2.27. The van der Waals surface area contributed by atoms with E-state index in [0.717, 1.165) is 21.2 Å². The van der Waals surface area contributed by atoms with Crippen LogP contribution in [0, 0.1) is 0 Å². The summed E-state index contributed by atoms with van der Waals surface area (Å²) < 4.78 is 11.8. The Labute approximate surface area is 114 Å². The van der Waals surface area contributed by atoms with E-state index in [9.17, 15) is 4.21 Å². The lowest BCUT2D eigenvalue weighted by molar-refractivity contribution is 0.668. The fourth-order valence-electron chi connectivity index (χ4n) is 2.24. The molecule has 2 atom stereocenters. The van der Waals surface area contributed by atoms with E-state index in [1.165, 1.54) is 0 Å². The van der Waals surface area contributed by atoms with E-state index in [-0.39, 0.29) is 0 Å². The lowest BCUT2D eigenvalue weighted by Crippen LogP contribution is -2.26. The molecular formula is C15H13ClOS. The van der Waals surface area contributed by atoms with Crippen LogP contribution in [0.5, 0.6) is 0 Å². The van der Waals surface area contributed by atoms with E-state index in [0.29, 0.717) is 6.42 Å². The van der Waals surface area contributed by atoms with Gasteiger partial charge in [0.05, 0.1) is 10.8 Å². The zero-order valence-electron chi connectivity index (χ0n) is 10.0. The van der Waals surface area contributed by atoms with Crippen molar-refractivity contribution in [1.82, 2.24) is 0 Å². The van der Waals surface area contributed by atoms with E-state index in [2.05, 4.69) is 12.1 Å². The molecule has 2 aromatic carbocycles. The molecular weight excluding hydrogens is 264 g/mol. The Balaban J connectivity index is 2.26. The fraction of sp³-hybridized carbons (Fsp3) is 0.200. The molecule has 1 nitrogen and oxygen atoms in total. The molecule has 1 heterocycles. The second kappa shape index (κ2) is 4.22. The number of halogens is 1. The van der Waals surface area contributed by atoms with E-state index in [1.54, 1.807) is 0 Å². The molecule has 1 aliphatic heterocycles. The summed E-state index contributed by atoms with van der Waals surface area (Å²) in [5.74, 6) is 0. The van der Waals surface area contributed by atoms with Gasteiger partial charge in [-0.3, -0.25) is 4.21 Å². The Hall–Kier alpha value is -1.12. The number of hydrogen-bond acceptors (Lipinski definition) is 1. The van der Waals surface area contributed by atoms with Crippen LogP contribution in [-0.2, 0) is 10.8 Å². The molecule has 3 heteroatoms. The molecule has 2 aromatic rings. The van der Waals surface area contributed by atoms with E-state index >= 15 is 0 Å². The summed E-state index contributed by atoms with van der Waals surface area (Å²) in [6.07, 6.45) is 4.51. The average Bonchev–Trinajstić information content (AvgIpc) is 2.42. The first-order chi connectivity index (χ1) is 8.64. The van der Waals surface area contributed by atoms with Crippen LogP contribution >= 0.6 is 11.6 Å². The van der Waals surface area contributed by atoms with Gasteiger partial charge in [0.25, 0.3) is 0 Å². The van der Waals surface area contributed by atoms with Crippen molar-refractivity contribution in [2.75, 3.05) is 0 Å². The standard InChI is InChI=1S/C15H13ClOS/c1-2-15(16)8-7-13-9-11-5-3-4-6-12(11)10-14(13)18(15)17/h3-10H,2H2,1H3. The van der Waals surface area contributed by atoms with Gasteiger partial charge in [-0.25, -0.2) is 0 Å². The average molecular weight is 277 g/mol. The first-order valence-corrected chi connectivity index (χ1v) is 7.50. The first-order valence-electron chi connectivity index (χ1n) is 5.97. The molecule has 0 spiro atoms. The molecule has 0 bridgehead atoms. The highest BCUT2D eigenvalue weighted by atomic mass is 35.5. The molecule has 0 radical (unpaired) electrons. The summed E-state index contributed by atoms with van der Waals surface area (Å²) in [6.45, 7) is 1.96. The normalized spacial score (nSPS) is 26.2. The fourth-order valence-corrected chi connectivity index (χ4v) is 3.94. The maximum atomic E-state index is 12.5. The Kier molecular flexibility index (Phi) is 2.80. The van der Waals surface area contributed by atoms with Crippen molar-refractivity contribution in [2.24, 2.45) is 0 Å². The van der Waals surface area contributed by atoms with Crippen molar-refractivity contribution in [3.05, 3.63) is 48.0 Å². The smallest absolute Gasteiger partial charge is 0.142 e. The molecule has 1 aliphatic rings. The number of alkyl halides is 1. The summed E-state index contributed by atoms with van der Waals surface area (Å²) in [4.78, 5) is 0.841. The maximum Gasteiger partial charge on any atom is 0.142 e. The minimum Gasteiger partial charge on any atom is -0.252 e. The SMILES string of the molecule is CCC1(Cl)C=Cc2cc3ccccc3cc2S1=O. The van der Waals surface area contributed by atoms with Gasteiger partial charge in [-0.1, -0.05) is 54.9 Å². The van der Waals surface area contributed by atoms with Crippen LogP contribution in [0.4, 0.5) is 0 Å². The number of fused-ring (bicyclic) bond motifs is 2. The second-order valence-corrected chi connectivity index (χ2v) is 7.08. The topological polar surface area (TPSA) is 17.1 Å². The van der Waals surface area contributed by atoms with Gasteiger partial charge in [-0.05, 0) is 34.9 Å². The quantitative estimate of drug-likeness (QED) is 0.709. The molecule has 0 aliphatic carbocycles. The van der Waals surface area contributed by atoms with Gasteiger partial charge in [-0.15, -0.1) is 0 Å². The van der Waals surface area contributed by atoms with Crippen molar-refractivity contribution in [3.63, 3.8) is 0 Å². The maximum absolute atomic E-state index is 12.5. The number of rotatable bonds is 1. The van der Waals surface area contributed by atoms with Gasteiger partial charge in [0.15, 0.2) is 0 Å². The zero-order chi connectivity index (χ0) is 12.8. The zero-order valence-corrected chi connectivity index (χ0v) is 11.6. The first kappa shape index (κ1) is 11.9. The third kappa shape index (κ3) is 1.72. The van der Waals surface area contributed by atoms with Crippen molar-refractivity contribution in [3.8, 4) is 0 Å². The molecule has 2 unspecified atom stereocenters. The molecule has 0 saturated carbocycles. The molecule has 0 saturated heterocycles. The van der Waals surface area contributed by atoms with Crippen molar-refractivity contribution < 1.29 is 4.21 Å². The predicted molar refractivity (Wildman–Crippen MR) is 78.3 cm³/mol. The highest BCUT2D eigenvalue weighted by Crippen LogP contribution is 2.38. The minimum atomic E-state index is -1.20.